The fraction of sp³-hybridized carbons (Fsp3) is 0.111. The van der Waals surface area contributed by atoms with Gasteiger partial charge in [-0.25, -0.2) is 4.79 Å². The Balaban J connectivity index is 1.52. The zero-order chi connectivity index (χ0) is 20.8. The van der Waals surface area contributed by atoms with Crippen molar-refractivity contribution in [3.05, 3.63) is 57.5 Å². The maximum absolute atomic E-state index is 12.1. The molecule has 1 aromatic heterocycles. The Morgan fingerprint density at radius 3 is 2.38 bits per heavy atom. The number of aromatic nitrogens is 2. The molecule has 0 saturated heterocycles. The minimum atomic E-state index is -0.520. The maximum Gasteiger partial charge on any atom is 0.325 e. The van der Waals surface area contributed by atoms with Gasteiger partial charge in [-0.05, 0) is 42.5 Å². The van der Waals surface area contributed by atoms with Crippen molar-refractivity contribution in [2.75, 3.05) is 23.1 Å². The normalized spacial score (nSPS) is 10.3. The van der Waals surface area contributed by atoms with Crippen LogP contribution in [0.3, 0.4) is 0 Å². The number of urea groups is 1. The molecular formula is C18H15Cl2N5O3S. The minimum Gasteiger partial charge on any atom is -0.497 e. The molecule has 0 atom stereocenters. The molecule has 0 fully saturated rings. The molecule has 0 aliphatic rings. The number of carbonyl (C=O) groups excluding carboxylic acids is 2. The van der Waals surface area contributed by atoms with E-state index in [0.29, 0.717) is 32.2 Å². The van der Waals surface area contributed by atoms with Crippen LogP contribution < -0.4 is 20.7 Å². The molecule has 0 saturated carbocycles. The summed E-state index contributed by atoms with van der Waals surface area (Å²) in [6.45, 7) is 0. The molecule has 0 spiro atoms. The molecule has 0 bridgehead atoms. The SMILES string of the molecule is COc1ccc(NC(=O)Cc2nnc(NC(=O)Nc3ccc(Cl)c(Cl)c3)s2)cc1. The predicted octanol–water partition coefficient (Wildman–Crippen LogP) is 4.68. The Morgan fingerprint density at radius 2 is 1.69 bits per heavy atom. The van der Waals surface area contributed by atoms with E-state index in [-0.39, 0.29) is 17.5 Å². The first-order chi connectivity index (χ1) is 13.9. The number of benzene rings is 2. The first-order valence-corrected chi connectivity index (χ1v) is 9.79. The van der Waals surface area contributed by atoms with Gasteiger partial charge in [0, 0.05) is 11.4 Å². The van der Waals surface area contributed by atoms with Gasteiger partial charge < -0.3 is 15.4 Å². The molecule has 0 aliphatic heterocycles. The van der Waals surface area contributed by atoms with E-state index < -0.39 is 6.03 Å². The second-order valence-corrected chi connectivity index (χ2v) is 7.54. The summed E-state index contributed by atoms with van der Waals surface area (Å²) in [5.41, 5.74) is 1.11. The number of anilines is 3. The second-order valence-electron chi connectivity index (χ2n) is 5.66. The number of nitrogens with zero attached hydrogens (tertiary/aromatic N) is 2. The van der Waals surface area contributed by atoms with E-state index in [4.69, 9.17) is 27.9 Å². The lowest BCUT2D eigenvalue weighted by Gasteiger charge is -2.06. The molecule has 150 valence electrons. The van der Waals surface area contributed by atoms with Crippen LogP contribution in [0.4, 0.5) is 21.3 Å². The van der Waals surface area contributed by atoms with Crippen molar-refractivity contribution < 1.29 is 14.3 Å². The van der Waals surface area contributed by atoms with Crippen LogP contribution in [0.1, 0.15) is 5.01 Å². The van der Waals surface area contributed by atoms with Gasteiger partial charge in [0.2, 0.25) is 11.0 Å². The average molecular weight is 452 g/mol. The summed E-state index contributed by atoms with van der Waals surface area (Å²) in [7, 11) is 1.57. The number of amides is 3. The van der Waals surface area contributed by atoms with E-state index in [1.54, 1.807) is 43.5 Å². The highest BCUT2D eigenvalue weighted by Crippen LogP contribution is 2.25. The number of methoxy groups -OCH3 is 1. The lowest BCUT2D eigenvalue weighted by molar-refractivity contribution is -0.115. The maximum atomic E-state index is 12.1. The Hall–Kier alpha value is -2.88. The predicted molar refractivity (Wildman–Crippen MR) is 114 cm³/mol. The highest BCUT2D eigenvalue weighted by Gasteiger charge is 2.12. The van der Waals surface area contributed by atoms with Gasteiger partial charge in [-0.1, -0.05) is 34.5 Å². The fourth-order valence-corrected chi connectivity index (χ4v) is 3.26. The molecule has 29 heavy (non-hydrogen) atoms. The molecule has 11 heteroatoms. The zero-order valence-corrected chi connectivity index (χ0v) is 17.4. The van der Waals surface area contributed by atoms with Gasteiger partial charge in [0.1, 0.15) is 10.8 Å². The molecular weight excluding hydrogens is 437 g/mol. The van der Waals surface area contributed by atoms with E-state index in [2.05, 4.69) is 26.1 Å². The Labute approximate surface area is 180 Å². The summed E-state index contributed by atoms with van der Waals surface area (Å²) < 4.78 is 5.07. The van der Waals surface area contributed by atoms with Gasteiger partial charge >= 0.3 is 6.03 Å². The van der Waals surface area contributed by atoms with Crippen LogP contribution in [-0.4, -0.2) is 29.2 Å². The first-order valence-electron chi connectivity index (χ1n) is 8.22. The first kappa shape index (κ1) is 20.8. The van der Waals surface area contributed by atoms with Gasteiger partial charge in [0.15, 0.2) is 0 Å². The third-order valence-corrected chi connectivity index (χ3v) is 5.13. The number of halogens is 2. The van der Waals surface area contributed by atoms with E-state index in [9.17, 15) is 9.59 Å². The Bertz CT molecular complexity index is 1030. The highest BCUT2D eigenvalue weighted by molar-refractivity contribution is 7.15. The molecule has 3 amide bonds. The molecule has 2 aromatic carbocycles. The van der Waals surface area contributed by atoms with Crippen LogP contribution in [0, 0.1) is 0 Å². The van der Waals surface area contributed by atoms with Crippen LogP contribution in [0.25, 0.3) is 0 Å². The standard InChI is InChI=1S/C18H15Cl2N5O3S/c1-28-12-5-2-10(3-6-12)21-15(26)9-16-24-25-18(29-16)23-17(27)22-11-4-7-13(19)14(20)8-11/h2-8H,9H2,1H3,(H,21,26)(H2,22,23,25,27). The lowest BCUT2D eigenvalue weighted by Crippen LogP contribution is -2.19. The zero-order valence-electron chi connectivity index (χ0n) is 15.0. The summed E-state index contributed by atoms with van der Waals surface area (Å²) >= 11 is 12.9. The van der Waals surface area contributed by atoms with Crippen molar-refractivity contribution in [2.45, 2.75) is 6.42 Å². The van der Waals surface area contributed by atoms with Crippen LogP contribution in [0.15, 0.2) is 42.5 Å². The van der Waals surface area contributed by atoms with Crippen molar-refractivity contribution >= 4 is 63.0 Å². The summed E-state index contributed by atoms with van der Waals surface area (Å²) in [5.74, 6) is 0.445. The summed E-state index contributed by atoms with van der Waals surface area (Å²) in [5, 5.41) is 17.1. The van der Waals surface area contributed by atoms with Crippen molar-refractivity contribution in [1.29, 1.82) is 0 Å². The number of nitrogens with one attached hydrogen (secondary N) is 3. The van der Waals surface area contributed by atoms with Crippen LogP contribution >= 0.6 is 34.5 Å². The molecule has 0 radical (unpaired) electrons. The van der Waals surface area contributed by atoms with Gasteiger partial charge in [-0.3, -0.25) is 10.1 Å². The Kier molecular flexibility index (Phi) is 6.86. The number of carbonyl (C=O) groups is 2. The molecule has 0 aliphatic carbocycles. The highest BCUT2D eigenvalue weighted by atomic mass is 35.5. The Morgan fingerprint density at radius 1 is 0.966 bits per heavy atom. The average Bonchev–Trinajstić information content (AvgIpc) is 3.11. The smallest absolute Gasteiger partial charge is 0.325 e. The van der Waals surface area contributed by atoms with Crippen molar-refractivity contribution in [1.82, 2.24) is 10.2 Å². The monoisotopic (exact) mass is 451 g/mol. The molecule has 1 heterocycles. The van der Waals surface area contributed by atoms with Crippen molar-refractivity contribution in [3.63, 3.8) is 0 Å². The van der Waals surface area contributed by atoms with Crippen LogP contribution in [-0.2, 0) is 11.2 Å². The molecule has 3 rings (SSSR count). The van der Waals surface area contributed by atoms with E-state index in [1.807, 2.05) is 0 Å². The third-order valence-electron chi connectivity index (χ3n) is 3.55. The van der Waals surface area contributed by atoms with Gasteiger partial charge in [-0.15, -0.1) is 10.2 Å². The number of hydrogen-bond acceptors (Lipinski definition) is 6. The summed E-state index contributed by atoms with van der Waals surface area (Å²) in [6.07, 6.45) is 0.0276. The van der Waals surface area contributed by atoms with E-state index in [0.717, 1.165) is 11.3 Å². The summed E-state index contributed by atoms with van der Waals surface area (Å²) in [4.78, 5) is 24.2. The lowest BCUT2D eigenvalue weighted by atomic mass is 10.3. The molecule has 8 nitrogen and oxygen atoms in total. The topological polar surface area (TPSA) is 105 Å². The second kappa shape index (κ2) is 9.55. The van der Waals surface area contributed by atoms with Gasteiger partial charge in [0.25, 0.3) is 0 Å². The fourth-order valence-electron chi connectivity index (χ4n) is 2.23. The third kappa shape index (κ3) is 6.05. The van der Waals surface area contributed by atoms with Crippen LogP contribution in [0.2, 0.25) is 10.0 Å². The largest absolute Gasteiger partial charge is 0.497 e. The molecule has 0 unspecified atom stereocenters. The molecule has 3 aromatic rings. The molecule has 3 N–H and O–H groups in total. The van der Waals surface area contributed by atoms with Crippen LogP contribution in [0.5, 0.6) is 5.75 Å². The van der Waals surface area contributed by atoms with E-state index >= 15 is 0 Å². The van der Waals surface area contributed by atoms with Gasteiger partial charge in [-0.2, -0.15) is 0 Å². The quantitative estimate of drug-likeness (QED) is 0.504. The van der Waals surface area contributed by atoms with E-state index in [1.165, 1.54) is 6.07 Å². The number of ether oxygens (including phenoxy) is 1. The number of rotatable bonds is 6. The summed E-state index contributed by atoms with van der Waals surface area (Å²) in [6, 6.07) is 11.2. The number of hydrogen-bond donors (Lipinski definition) is 3. The minimum absolute atomic E-state index is 0.0276. The van der Waals surface area contributed by atoms with Gasteiger partial charge in [0.05, 0.1) is 23.6 Å². The van der Waals surface area contributed by atoms with Crippen molar-refractivity contribution in [2.24, 2.45) is 0 Å². The van der Waals surface area contributed by atoms with Crippen molar-refractivity contribution in [3.8, 4) is 5.75 Å².